The number of aliphatic hydroxyl groups is 1. The monoisotopic (exact) mass is 282 g/mol. The topological polar surface area (TPSA) is 20.2 Å². The van der Waals surface area contributed by atoms with Crippen molar-refractivity contribution < 1.29 is 5.11 Å². The van der Waals surface area contributed by atoms with Crippen LogP contribution in [0.1, 0.15) is 11.1 Å². The van der Waals surface area contributed by atoms with E-state index in [0.29, 0.717) is 0 Å². The third kappa shape index (κ3) is 2.07. The summed E-state index contributed by atoms with van der Waals surface area (Å²) < 4.78 is 1.02. The third-order valence-electron chi connectivity index (χ3n) is 1.54. The molecular formula is C8H8ClIO. The lowest BCUT2D eigenvalue weighted by atomic mass is 10.1. The van der Waals surface area contributed by atoms with Gasteiger partial charge in [0.15, 0.2) is 0 Å². The quantitative estimate of drug-likeness (QED) is 0.785. The Morgan fingerprint density at radius 3 is 2.64 bits per heavy atom. The van der Waals surface area contributed by atoms with Crippen LogP contribution in [0, 0.1) is 10.5 Å². The summed E-state index contributed by atoms with van der Waals surface area (Å²) in [5.74, 6) is 0. The van der Waals surface area contributed by atoms with Gasteiger partial charge in [-0.1, -0.05) is 11.6 Å². The van der Waals surface area contributed by atoms with Gasteiger partial charge >= 0.3 is 0 Å². The number of aliphatic hydroxyl groups excluding tert-OH is 1. The summed E-state index contributed by atoms with van der Waals surface area (Å²) in [7, 11) is 0. The van der Waals surface area contributed by atoms with Crippen LogP contribution in [-0.4, -0.2) is 5.11 Å². The largest absolute Gasteiger partial charge is 0.392 e. The molecule has 60 valence electrons. The average molecular weight is 283 g/mol. The van der Waals surface area contributed by atoms with Gasteiger partial charge < -0.3 is 5.11 Å². The van der Waals surface area contributed by atoms with Crippen molar-refractivity contribution in [3.63, 3.8) is 0 Å². The van der Waals surface area contributed by atoms with E-state index < -0.39 is 0 Å². The molecule has 0 saturated heterocycles. The van der Waals surface area contributed by atoms with Gasteiger partial charge in [-0.2, -0.15) is 0 Å². The van der Waals surface area contributed by atoms with Crippen molar-refractivity contribution in [2.24, 2.45) is 0 Å². The highest BCUT2D eigenvalue weighted by Gasteiger charge is 2.02. The van der Waals surface area contributed by atoms with Crippen molar-refractivity contribution in [3.05, 3.63) is 31.9 Å². The van der Waals surface area contributed by atoms with E-state index in [9.17, 15) is 0 Å². The molecule has 0 radical (unpaired) electrons. The first-order valence-corrected chi connectivity index (χ1v) is 4.66. The molecule has 0 aliphatic carbocycles. The van der Waals surface area contributed by atoms with Crippen molar-refractivity contribution in [2.45, 2.75) is 13.5 Å². The molecule has 1 rings (SSSR count). The second-order valence-corrected chi connectivity index (χ2v) is 3.94. The van der Waals surface area contributed by atoms with Crippen molar-refractivity contribution in [3.8, 4) is 0 Å². The summed E-state index contributed by atoms with van der Waals surface area (Å²) in [4.78, 5) is 0. The van der Waals surface area contributed by atoms with Crippen LogP contribution in [0.15, 0.2) is 12.1 Å². The molecule has 1 N–H and O–H groups in total. The minimum atomic E-state index is 0.0846. The van der Waals surface area contributed by atoms with Gasteiger partial charge in [-0.25, -0.2) is 0 Å². The Labute approximate surface area is 84.5 Å². The number of hydrogen-bond acceptors (Lipinski definition) is 1. The number of hydrogen-bond donors (Lipinski definition) is 1. The van der Waals surface area contributed by atoms with Crippen LogP contribution in [0.2, 0.25) is 5.02 Å². The van der Waals surface area contributed by atoms with Crippen LogP contribution in [0.25, 0.3) is 0 Å². The first kappa shape index (κ1) is 9.29. The van der Waals surface area contributed by atoms with Crippen LogP contribution in [0.4, 0.5) is 0 Å². The molecule has 0 aromatic heterocycles. The van der Waals surface area contributed by atoms with Crippen LogP contribution in [0.3, 0.4) is 0 Å². The molecule has 3 heteroatoms. The molecule has 0 spiro atoms. The summed E-state index contributed by atoms with van der Waals surface area (Å²) in [6.45, 7) is 2.03. The lowest BCUT2D eigenvalue weighted by molar-refractivity contribution is 0.280. The highest BCUT2D eigenvalue weighted by atomic mass is 127. The smallest absolute Gasteiger partial charge is 0.0694 e. The molecule has 0 fully saturated rings. The zero-order chi connectivity index (χ0) is 8.43. The highest BCUT2D eigenvalue weighted by molar-refractivity contribution is 14.1. The molecule has 0 aliphatic heterocycles. The minimum Gasteiger partial charge on any atom is -0.392 e. The molecule has 0 heterocycles. The molecule has 0 amide bonds. The van der Waals surface area contributed by atoms with Gasteiger partial charge in [0, 0.05) is 8.59 Å². The zero-order valence-corrected chi connectivity index (χ0v) is 8.98. The SMILES string of the molecule is Cc1cc(Cl)cc(I)c1CO. The fourth-order valence-electron chi connectivity index (χ4n) is 0.932. The minimum absolute atomic E-state index is 0.0846. The standard InChI is InChI=1S/C8H8ClIO/c1-5-2-6(9)3-8(10)7(5)4-11/h2-3,11H,4H2,1H3. The molecule has 0 unspecified atom stereocenters. The van der Waals surface area contributed by atoms with E-state index in [1.807, 2.05) is 19.1 Å². The van der Waals surface area contributed by atoms with Gasteiger partial charge in [0.1, 0.15) is 0 Å². The van der Waals surface area contributed by atoms with E-state index in [1.54, 1.807) is 0 Å². The van der Waals surface area contributed by atoms with E-state index in [0.717, 1.165) is 19.7 Å². The predicted octanol–water partition coefficient (Wildman–Crippen LogP) is 2.75. The van der Waals surface area contributed by atoms with Crippen molar-refractivity contribution in [2.75, 3.05) is 0 Å². The Morgan fingerprint density at radius 1 is 1.55 bits per heavy atom. The Balaban J connectivity index is 3.25. The molecular weight excluding hydrogens is 274 g/mol. The lowest BCUT2D eigenvalue weighted by Crippen LogP contribution is -1.92. The summed E-state index contributed by atoms with van der Waals surface area (Å²) in [6.07, 6.45) is 0. The van der Waals surface area contributed by atoms with Crippen molar-refractivity contribution >= 4 is 34.2 Å². The number of rotatable bonds is 1. The number of benzene rings is 1. The fraction of sp³-hybridized carbons (Fsp3) is 0.250. The maximum Gasteiger partial charge on any atom is 0.0694 e. The second-order valence-electron chi connectivity index (χ2n) is 2.34. The summed E-state index contributed by atoms with van der Waals surface area (Å²) >= 11 is 7.96. The second kappa shape index (κ2) is 3.74. The fourth-order valence-corrected chi connectivity index (χ4v) is 2.32. The lowest BCUT2D eigenvalue weighted by Gasteiger charge is -2.05. The van der Waals surface area contributed by atoms with Crippen LogP contribution >= 0.6 is 34.2 Å². The van der Waals surface area contributed by atoms with Gasteiger partial charge in [0.25, 0.3) is 0 Å². The van der Waals surface area contributed by atoms with Crippen LogP contribution in [-0.2, 0) is 6.61 Å². The first-order chi connectivity index (χ1) is 5.15. The Morgan fingerprint density at radius 2 is 2.18 bits per heavy atom. The van der Waals surface area contributed by atoms with E-state index >= 15 is 0 Å². The van der Waals surface area contributed by atoms with E-state index in [4.69, 9.17) is 16.7 Å². The van der Waals surface area contributed by atoms with Gasteiger partial charge in [-0.15, -0.1) is 0 Å². The van der Waals surface area contributed by atoms with Gasteiger partial charge in [-0.3, -0.25) is 0 Å². The van der Waals surface area contributed by atoms with Crippen molar-refractivity contribution in [1.29, 1.82) is 0 Å². The maximum atomic E-state index is 8.94. The molecule has 0 bridgehead atoms. The van der Waals surface area contributed by atoms with Gasteiger partial charge in [0.2, 0.25) is 0 Å². The summed E-state index contributed by atoms with van der Waals surface area (Å²) in [6, 6.07) is 3.70. The Bertz CT molecular complexity index is 250. The van der Waals surface area contributed by atoms with E-state index in [-0.39, 0.29) is 6.61 Å². The van der Waals surface area contributed by atoms with Gasteiger partial charge in [0.05, 0.1) is 6.61 Å². The predicted molar refractivity (Wildman–Crippen MR) is 54.8 cm³/mol. The van der Waals surface area contributed by atoms with E-state index in [2.05, 4.69) is 22.6 Å². The zero-order valence-electron chi connectivity index (χ0n) is 6.06. The number of aryl methyl sites for hydroxylation is 1. The van der Waals surface area contributed by atoms with E-state index in [1.165, 1.54) is 0 Å². The molecule has 1 aromatic rings. The Kier molecular flexibility index (Phi) is 3.16. The molecule has 1 aromatic carbocycles. The Hall–Kier alpha value is 0.200. The van der Waals surface area contributed by atoms with Crippen LogP contribution < -0.4 is 0 Å². The maximum absolute atomic E-state index is 8.94. The molecule has 1 nitrogen and oxygen atoms in total. The molecule has 0 saturated carbocycles. The average Bonchev–Trinajstić information content (AvgIpc) is 1.85. The van der Waals surface area contributed by atoms with Crippen LogP contribution in [0.5, 0.6) is 0 Å². The highest BCUT2D eigenvalue weighted by Crippen LogP contribution is 2.21. The van der Waals surface area contributed by atoms with Gasteiger partial charge in [-0.05, 0) is 52.8 Å². The summed E-state index contributed by atoms with van der Waals surface area (Å²) in [5, 5.41) is 9.67. The molecule has 11 heavy (non-hydrogen) atoms. The molecule has 0 aliphatic rings. The van der Waals surface area contributed by atoms with Crippen molar-refractivity contribution in [1.82, 2.24) is 0 Å². The molecule has 0 atom stereocenters. The summed E-state index contributed by atoms with van der Waals surface area (Å²) in [5.41, 5.74) is 2.01. The third-order valence-corrected chi connectivity index (χ3v) is 2.72. The number of halogens is 2. The first-order valence-electron chi connectivity index (χ1n) is 3.20. The normalized spacial score (nSPS) is 10.2.